The van der Waals surface area contributed by atoms with E-state index in [2.05, 4.69) is 70.8 Å². The van der Waals surface area contributed by atoms with Gasteiger partial charge in [0.05, 0.1) is 12.2 Å². The van der Waals surface area contributed by atoms with Crippen LogP contribution in [0, 0.1) is 20.8 Å². The number of aromatic nitrogens is 2. The maximum Gasteiger partial charge on any atom is 0.191 e. The Morgan fingerprint density at radius 3 is 2.74 bits per heavy atom. The Bertz CT molecular complexity index is 893. The van der Waals surface area contributed by atoms with E-state index in [9.17, 15) is 0 Å². The summed E-state index contributed by atoms with van der Waals surface area (Å²) in [5, 5.41) is 9.11. The zero-order chi connectivity index (χ0) is 18.5. The average Bonchev–Trinajstić information content (AvgIpc) is 3.17. The Kier molecular flexibility index (Phi) is 8.09. The number of guanidine groups is 1. The molecule has 3 rings (SSSR count). The minimum atomic E-state index is 0. The first-order valence-corrected chi connectivity index (χ1v) is 9.90. The van der Waals surface area contributed by atoms with Crippen molar-refractivity contribution < 1.29 is 0 Å². The quantitative estimate of drug-likeness (QED) is 0.268. The molecule has 0 aliphatic rings. The fraction of sp³-hybridized carbons (Fsp3) is 0.400. The average molecular weight is 497 g/mol. The number of aryl methyl sites for hydroxylation is 3. The molecule has 0 unspecified atom stereocenters. The van der Waals surface area contributed by atoms with Gasteiger partial charge in [0, 0.05) is 35.1 Å². The third-order valence-corrected chi connectivity index (χ3v) is 5.54. The highest BCUT2D eigenvalue weighted by atomic mass is 127. The van der Waals surface area contributed by atoms with E-state index in [1.165, 1.54) is 26.9 Å². The Morgan fingerprint density at radius 2 is 2.04 bits per heavy atom. The molecule has 146 valence electrons. The zero-order valence-electron chi connectivity index (χ0n) is 16.3. The van der Waals surface area contributed by atoms with Gasteiger partial charge >= 0.3 is 0 Å². The maximum atomic E-state index is 4.67. The minimum absolute atomic E-state index is 0. The highest BCUT2D eigenvalue weighted by Crippen LogP contribution is 2.21. The SMILES string of the molecule is CCNC(=NCc1nc(C)c(C)s1)NCCc1c[nH]c2c(C)cccc12.I. The summed E-state index contributed by atoms with van der Waals surface area (Å²) < 4.78 is 0. The van der Waals surface area contributed by atoms with Gasteiger partial charge in [0.15, 0.2) is 5.96 Å². The van der Waals surface area contributed by atoms with Gasteiger partial charge in [-0.1, -0.05) is 18.2 Å². The molecule has 0 bridgehead atoms. The topological polar surface area (TPSA) is 65.1 Å². The van der Waals surface area contributed by atoms with Crippen LogP contribution in [0.4, 0.5) is 0 Å². The Labute approximate surface area is 182 Å². The fourth-order valence-electron chi connectivity index (χ4n) is 2.98. The molecule has 0 saturated heterocycles. The van der Waals surface area contributed by atoms with E-state index in [0.717, 1.165) is 36.2 Å². The molecule has 0 saturated carbocycles. The molecule has 0 aliphatic carbocycles. The molecular formula is C20H28IN5S. The van der Waals surface area contributed by atoms with Crippen molar-refractivity contribution in [2.75, 3.05) is 13.1 Å². The normalized spacial score (nSPS) is 11.5. The molecule has 1 aromatic carbocycles. The van der Waals surface area contributed by atoms with Crippen LogP contribution in [0.3, 0.4) is 0 Å². The number of nitrogens with one attached hydrogen (secondary N) is 3. The molecule has 27 heavy (non-hydrogen) atoms. The summed E-state index contributed by atoms with van der Waals surface area (Å²) in [6, 6.07) is 6.44. The lowest BCUT2D eigenvalue weighted by Gasteiger charge is -2.10. The number of benzene rings is 1. The van der Waals surface area contributed by atoms with E-state index in [4.69, 9.17) is 0 Å². The van der Waals surface area contributed by atoms with Gasteiger partial charge in [-0.15, -0.1) is 35.3 Å². The number of rotatable bonds is 6. The summed E-state index contributed by atoms with van der Waals surface area (Å²) >= 11 is 1.72. The first-order chi connectivity index (χ1) is 12.6. The predicted octanol–water partition coefficient (Wildman–Crippen LogP) is 4.47. The number of H-pyrrole nitrogens is 1. The van der Waals surface area contributed by atoms with Crippen molar-refractivity contribution in [3.05, 3.63) is 51.1 Å². The van der Waals surface area contributed by atoms with Gasteiger partial charge in [0.25, 0.3) is 0 Å². The van der Waals surface area contributed by atoms with Gasteiger partial charge in [0.2, 0.25) is 0 Å². The molecule has 0 aliphatic heterocycles. The van der Waals surface area contributed by atoms with Crippen LogP contribution < -0.4 is 10.6 Å². The number of halogens is 1. The number of hydrogen-bond donors (Lipinski definition) is 3. The van der Waals surface area contributed by atoms with E-state index < -0.39 is 0 Å². The van der Waals surface area contributed by atoms with Crippen molar-refractivity contribution in [3.8, 4) is 0 Å². The summed E-state index contributed by atoms with van der Waals surface area (Å²) in [5.41, 5.74) is 4.95. The molecule has 2 aromatic heterocycles. The molecule has 0 spiro atoms. The lowest BCUT2D eigenvalue weighted by molar-refractivity contribution is 0.800. The Hall–Kier alpha value is -1.61. The van der Waals surface area contributed by atoms with Gasteiger partial charge in [0.1, 0.15) is 5.01 Å². The second-order valence-corrected chi connectivity index (χ2v) is 7.72. The third-order valence-electron chi connectivity index (χ3n) is 4.49. The Balaban J connectivity index is 0.00000261. The van der Waals surface area contributed by atoms with Crippen LogP contribution in [0.25, 0.3) is 10.9 Å². The summed E-state index contributed by atoms with van der Waals surface area (Å²) in [5.74, 6) is 0.842. The maximum absolute atomic E-state index is 4.67. The molecule has 2 heterocycles. The summed E-state index contributed by atoms with van der Waals surface area (Å²) in [6.45, 7) is 10.7. The first kappa shape index (κ1) is 21.7. The molecule has 5 nitrogen and oxygen atoms in total. The molecule has 0 fully saturated rings. The first-order valence-electron chi connectivity index (χ1n) is 9.09. The lowest BCUT2D eigenvalue weighted by Crippen LogP contribution is -2.38. The highest BCUT2D eigenvalue weighted by Gasteiger charge is 2.06. The molecule has 0 atom stereocenters. The van der Waals surface area contributed by atoms with E-state index >= 15 is 0 Å². The zero-order valence-corrected chi connectivity index (χ0v) is 19.5. The number of thiazole rings is 1. The minimum Gasteiger partial charge on any atom is -0.361 e. The van der Waals surface area contributed by atoms with Crippen LogP contribution in [-0.2, 0) is 13.0 Å². The molecular weight excluding hydrogens is 469 g/mol. The van der Waals surface area contributed by atoms with Crippen molar-refractivity contribution >= 4 is 52.2 Å². The molecule has 7 heteroatoms. The number of nitrogens with zero attached hydrogens (tertiary/aromatic N) is 2. The van der Waals surface area contributed by atoms with Crippen LogP contribution >= 0.6 is 35.3 Å². The summed E-state index contributed by atoms with van der Waals surface area (Å²) in [6.07, 6.45) is 3.06. The monoisotopic (exact) mass is 497 g/mol. The second-order valence-electron chi connectivity index (χ2n) is 6.43. The van der Waals surface area contributed by atoms with Gasteiger partial charge in [-0.3, -0.25) is 0 Å². The van der Waals surface area contributed by atoms with Crippen molar-refractivity contribution in [1.29, 1.82) is 0 Å². The van der Waals surface area contributed by atoms with E-state index in [1.54, 1.807) is 11.3 Å². The van der Waals surface area contributed by atoms with Gasteiger partial charge in [-0.2, -0.15) is 0 Å². The number of para-hydroxylation sites is 1. The predicted molar refractivity (Wildman–Crippen MR) is 127 cm³/mol. The van der Waals surface area contributed by atoms with Crippen molar-refractivity contribution in [1.82, 2.24) is 20.6 Å². The largest absolute Gasteiger partial charge is 0.361 e. The number of aliphatic imine (C=N–C) groups is 1. The molecule has 0 amide bonds. The standard InChI is InChI=1S/C20H27N5S.HI/c1-5-21-20(24-12-18-25-14(3)15(4)26-18)22-10-9-16-11-23-19-13(2)7-6-8-17(16)19;/h6-8,11,23H,5,9-10,12H2,1-4H3,(H2,21,22,24);1H. The van der Waals surface area contributed by atoms with Crippen LogP contribution in [-0.4, -0.2) is 29.0 Å². The number of aromatic amines is 1. The molecule has 3 aromatic rings. The van der Waals surface area contributed by atoms with Crippen LogP contribution in [0.2, 0.25) is 0 Å². The van der Waals surface area contributed by atoms with Gasteiger partial charge < -0.3 is 15.6 Å². The summed E-state index contributed by atoms with van der Waals surface area (Å²) in [4.78, 5) is 13.9. The second kappa shape index (κ2) is 10.1. The lowest BCUT2D eigenvalue weighted by atomic mass is 10.1. The van der Waals surface area contributed by atoms with Gasteiger partial charge in [-0.25, -0.2) is 9.98 Å². The van der Waals surface area contributed by atoms with Crippen molar-refractivity contribution in [3.63, 3.8) is 0 Å². The van der Waals surface area contributed by atoms with Crippen molar-refractivity contribution in [2.24, 2.45) is 4.99 Å². The number of hydrogen-bond acceptors (Lipinski definition) is 3. The van der Waals surface area contributed by atoms with E-state index in [1.807, 2.05) is 6.92 Å². The van der Waals surface area contributed by atoms with Crippen LogP contribution in [0.1, 0.15) is 33.6 Å². The van der Waals surface area contributed by atoms with Crippen LogP contribution in [0.5, 0.6) is 0 Å². The Morgan fingerprint density at radius 1 is 1.22 bits per heavy atom. The van der Waals surface area contributed by atoms with Gasteiger partial charge in [-0.05, 0) is 45.2 Å². The van der Waals surface area contributed by atoms with Crippen molar-refractivity contribution in [2.45, 2.75) is 40.7 Å². The fourth-order valence-corrected chi connectivity index (χ4v) is 3.84. The van der Waals surface area contributed by atoms with E-state index in [0.29, 0.717) is 6.54 Å². The summed E-state index contributed by atoms with van der Waals surface area (Å²) in [7, 11) is 0. The molecule has 0 radical (unpaired) electrons. The van der Waals surface area contributed by atoms with Crippen LogP contribution in [0.15, 0.2) is 29.4 Å². The molecule has 3 N–H and O–H groups in total. The third kappa shape index (κ3) is 5.44. The highest BCUT2D eigenvalue weighted by molar-refractivity contribution is 14.0. The smallest absolute Gasteiger partial charge is 0.191 e. The van der Waals surface area contributed by atoms with E-state index in [-0.39, 0.29) is 24.0 Å². The number of fused-ring (bicyclic) bond motifs is 1.